The molecule has 2 heterocycles. The van der Waals surface area contributed by atoms with E-state index in [-0.39, 0.29) is 11.5 Å². The average Bonchev–Trinajstić information content (AvgIpc) is 3.10. The minimum absolute atomic E-state index is 0.0678. The van der Waals surface area contributed by atoms with E-state index in [0.717, 1.165) is 17.0 Å². The van der Waals surface area contributed by atoms with Crippen LogP contribution < -0.4 is 10.2 Å². The number of nitrogens with one attached hydrogen (secondary N) is 1. The van der Waals surface area contributed by atoms with Gasteiger partial charge in [0.15, 0.2) is 5.43 Å². The van der Waals surface area contributed by atoms with Crippen LogP contribution in [0.15, 0.2) is 59.7 Å². The Morgan fingerprint density at radius 3 is 2.40 bits per heavy atom. The highest BCUT2D eigenvalue weighted by molar-refractivity contribution is 5.61. The molecule has 0 saturated carbocycles. The van der Waals surface area contributed by atoms with E-state index in [1.165, 1.54) is 12.5 Å². The van der Waals surface area contributed by atoms with Gasteiger partial charge in [-0.1, -0.05) is 20.3 Å². The molecule has 5 nitrogen and oxygen atoms in total. The molecule has 0 spiro atoms. The normalized spacial score (nSPS) is 10.3. The largest absolute Gasteiger partial charge is 0.491 e. The van der Waals surface area contributed by atoms with Crippen molar-refractivity contribution in [3.05, 3.63) is 65.1 Å². The van der Waals surface area contributed by atoms with Crippen molar-refractivity contribution in [2.45, 2.75) is 40.2 Å². The molecule has 25 heavy (non-hydrogen) atoms. The van der Waals surface area contributed by atoms with E-state index in [2.05, 4.69) is 23.9 Å². The maximum Gasteiger partial charge on any atom is 0.184 e. The molecular weight excluding hydrogens is 314 g/mol. The van der Waals surface area contributed by atoms with E-state index in [0.29, 0.717) is 5.82 Å². The van der Waals surface area contributed by atoms with Crippen molar-refractivity contribution in [2.24, 2.45) is 0 Å². The molecule has 1 N–H and O–H groups in total. The second kappa shape index (κ2) is 8.87. The zero-order valence-electron chi connectivity index (χ0n) is 15.2. The van der Waals surface area contributed by atoms with Gasteiger partial charge in [-0.15, -0.1) is 0 Å². The summed E-state index contributed by atoms with van der Waals surface area (Å²) in [5.41, 5.74) is 1.60. The lowest BCUT2D eigenvalue weighted by Crippen LogP contribution is -2.07. The highest BCUT2D eigenvalue weighted by Gasteiger charge is 2.05. The van der Waals surface area contributed by atoms with Gasteiger partial charge in [0.25, 0.3) is 0 Å². The Balaban J connectivity index is 0.000000701. The second-order valence-corrected chi connectivity index (χ2v) is 5.96. The van der Waals surface area contributed by atoms with Gasteiger partial charge in [0.1, 0.15) is 11.6 Å². The van der Waals surface area contributed by atoms with Crippen LogP contribution in [-0.4, -0.2) is 20.9 Å². The molecule has 0 bridgehead atoms. The first-order chi connectivity index (χ1) is 12.0. The summed E-state index contributed by atoms with van der Waals surface area (Å²) in [6.07, 6.45) is 4.84. The van der Waals surface area contributed by atoms with Gasteiger partial charge in [0.05, 0.1) is 11.8 Å². The van der Waals surface area contributed by atoms with Crippen molar-refractivity contribution < 1.29 is 4.74 Å². The molecule has 0 aliphatic heterocycles. The summed E-state index contributed by atoms with van der Waals surface area (Å²) in [6.45, 7) is 8.22. The first kappa shape index (κ1) is 18.5. The van der Waals surface area contributed by atoms with E-state index in [4.69, 9.17) is 4.74 Å². The molecule has 0 aliphatic carbocycles. The third-order valence-electron chi connectivity index (χ3n) is 3.12. The molecule has 3 rings (SSSR count). The number of ether oxygens (including phenoxy) is 1. The van der Waals surface area contributed by atoms with Crippen LogP contribution in [0.2, 0.25) is 0 Å². The lowest BCUT2D eigenvalue weighted by atomic mass is 10.1. The number of benzene rings is 1. The molecule has 0 saturated heterocycles. The van der Waals surface area contributed by atoms with E-state index in [9.17, 15) is 4.79 Å². The molecule has 3 aromatic rings. The van der Waals surface area contributed by atoms with Gasteiger partial charge >= 0.3 is 0 Å². The second-order valence-electron chi connectivity index (χ2n) is 5.96. The van der Waals surface area contributed by atoms with Gasteiger partial charge in [0, 0.05) is 24.5 Å². The number of H-pyrrole nitrogens is 1. The first-order valence-corrected chi connectivity index (χ1v) is 8.55. The lowest BCUT2D eigenvalue weighted by molar-refractivity contribution is 0.242. The Bertz CT molecular complexity index is 819. The van der Waals surface area contributed by atoms with Crippen molar-refractivity contribution >= 4 is 0 Å². The highest BCUT2D eigenvalue weighted by atomic mass is 16.5. The average molecular weight is 339 g/mol. The van der Waals surface area contributed by atoms with E-state index in [1.807, 2.05) is 44.2 Å². The fraction of sp³-hybridized carbons (Fsp3) is 0.300. The van der Waals surface area contributed by atoms with Crippen molar-refractivity contribution in [3.63, 3.8) is 0 Å². The van der Waals surface area contributed by atoms with Crippen LogP contribution in [0.4, 0.5) is 0 Å². The van der Waals surface area contributed by atoms with Gasteiger partial charge in [-0.2, -0.15) is 5.10 Å². The number of nitrogens with zero attached hydrogens (tertiary/aromatic N) is 2. The standard InChI is InChI=1S/C17H17N3O2.C3H8/c1-12(2)22-15-6-4-13(5-7-15)16-10-14(21)11-17(19-16)20-9-3-8-18-20;1-3-2/h3-12H,1-2H3,(H,19,21);3H2,1-2H3. The van der Waals surface area contributed by atoms with E-state index in [1.54, 1.807) is 23.1 Å². The molecule has 0 radical (unpaired) electrons. The number of rotatable bonds is 4. The quantitative estimate of drug-likeness (QED) is 0.765. The van der Waals surface area contributed by atoms with Crippen LogP contribution in [0.1, 0.15) is 34.1 Å². The molecule has 0 unspecified atom stereocenters. The molecule has 0 atom stereocenters. The van der Waals surface area contributed by atoms with Gasteiger partial charge in [0.2, 0.25) is 0 Å². The van der Waals surface area contributed by atoms with Crippen molar-refractivity contribution in [1.29, 1.82) is 0 Å². The van der Waals surface area contributed by atoms with Crippen LogP contribution in [0.5, 0.6) is 5.75 Å². The summed E-state index contributed by atoms with van der Waals surface area (Å²) in [5, 5.41) is 4.14. The van der Waals surface area contributed by atoms with Crippen LogP contribution in [-0.2, 0) is 0 Å². The van der Waals surface area contributed by atoms with Crippen LogP contribution in [0.25, 0.3) is 17.1 Å². The fourth-order valence-corrected chi connectivity index (χ4v) is 2.20. The summed E-state index contributed by atoms with van der Waals surface area (Å²) in [5.74, 6) is 1.44. The zero-order valence-corrected chi connectivity index (χ0v) is 15.2. The topological polar surface area (TPSA) is 59.9 Å². The Hall–Kier alpha value is -2.82. The monoisotopic (exact) mass is 339 g/mol. The summed E-state index contributed by atoms with van der Waals surface area (Å²) in [7, 11) is 0. The number of pyridine rings is 1. The SMILES string of the molecule is CC(C)Oc1ccc(-c2cc(=O)cc(-n3cccn3)[nH]2)cc1.CCC. The van der Waals surface area contributed by atoms with Crippen LogP contribution in [0.3, 0.4) is 0 Å². The molecule has 2 aromatic heterocycles. The molecule has 0 fully saturated rings. The third-order valence-corrected chi connectivity index (χ3v) is 3.12. The lowest BCUT2D eigenvalue weighted by Gasteiger charge is -2.10. The summed E-state index contributed by atoms with van der Waals surface area (Å²) >= 11 is 0. The maximum absolute atomic E-state index is 11.9. The predicted molar refractivity (Wildman–Crippen MR) is 101 cm³/mol. The summed E-state index contributed by atoms with van der Waals surface area (Å²) in [4.78, 5) is 15.1. The zero-order chi connectivity index (χ0) is 18.2. The van der Waals surface area contributed by atoms with Gasteiger partial charge in [-0.25, -0.2) is 4.68 Å². The molecule has 1 aromatic carbocycles. The summed E-state index contributed by atoms with van der Waals surface area (Å²) in [6, 6.07) is 12.6. The van der Waals surface area contributed by atoms with Gasteiger partial charge < -0.3 is 9.72 Å². The van der Waals surface area contributed by atoms with Crippen molar-refractivity contribution in [1.82, 2.24) is 14.8 Å². The first-order valence-electron chi connectivity index (χ1n) is 8.55. The Morgan fingerprint density at radius 2 is 1.84 bits per heavy atom. The molecule has 0 amide bonds. The number of aromatic amines is 1. The highest BCUT2D eigenvalue weighted by Crippen LogP contribution is 2.21. The third kappa shape index (κ3) is 5.35. The smallest absolute Gasteiger partial charge is 0.184 e. The number of aromatic nitrogens is 3. The number of hydrogen-bond donors (Lipinski definition) is 1. The fourth-order valence-electron chi connectivity index (χ4n) is 2.20. The van der Waals surface area contributed by atoms with Crippen LogP contribution in [0, 0.1) is 0 Å². The molecule has 132 valence electrons. The van der Waals surface area contributed by atoms with E-state index < -0.39 is 0 Å². The van der Waals surface area contributed by atoms with Crippen LogP contribution >= 0.6 is 0 Å². The molecular formula is C20H25N3O2. The molecule has 5 heteroatoms. The predicted octanol–water partition coefficient (Wildman–Crippen LogP) is 4.43. The molecule has 0 aliphatic rings. The van der Waals surface area contributed by atoms with Gasteiger partial charge in [-0.05, 0) is 49.7 Å². The van der Waals surface area contributed by atoms with Crippen molar-refractivity contribution in [2.75, 3.05) is 0 Å². The Morgan fingerprint density at radius 1 is 1.16 bits per heavy atom. The Kier molecular flexibility index (Phi) is 6.57. The summed E-state index contributed by atoms with van der Waals surface area (Å²) < 4.78 is 7.25. The minimum atomic E-state index is -0.0678. The van der Waals surface area contributed by atoms with Gasteiger partial charge in [-0.3, -0.25) is 4.79 Å². The minimum Gasteiger partial charge on any atom is -0.491 e. The number of hydrogen-bond acceptors (Lipinski definition) is 3. The van der Waals surface area contributed by atoms with E-state index >= 15 is 0 Å². The maximum atomic E-state index is 11.9. The Labute approximate surface area is 148 Å². The van der Waals surface area contributed by atoms with Crippen molar-refractivity contribution in [3.8, 4) is 22.8 Å².